The number of rotatable bonds is 6. The minimum atomic E-state index is -0.274. The van der Waals surface area contributed by atoms with Crippen LogP contribution in [0.5, 0.6) is 0 Å². The normalized spacial score (nSPS) is 17.9. The molecule has 2 fully saturated rings. The van der Waals surface area contributed by atoms with Gasteiger partial charge in [-0.2, -0.15) is 5.26 Å². The maximum Gasteiger partial charge on any atom is 0.409 e. The summed E-state index contributed by atoms with van der Waals surface area (Å²) in [6.45, 7) is 11.2. The van der Waals surface area contributed by atoms with E-state index in [1.165, 1.54) is 12.8 Å². The van der Waals surface area contributed by atoms with Gasteiger partial charge in [-0.25, -0.2) is 4.79 Å². The maximum atomic E-state index is 13.0. The molecule has 1 saturated carbocycles. The Balaban J connectivity index is 1.62. The zero-order valence-corrected chi connectivity index (χ0v) is 19.9. The highest BCUT2D eigenvalue weighted by Crippen LogP contribution is 2.37. The van der Waals surface area contributed by atoms with Crippen LogP contribution >= 0.6 is 0 Å². The molecule has 1 aliphatic carbocycles. The second kappa shape index (κ2) is 10.9. The largest absolute Gasteiger partial charge is 0.449 e. The van der Waals surface area contributed by atoms with Crippen LogP contribution in [0, 0.1) is 31.1 Å². The summed E-state index contributed by atoms with van der Waals surface area (Å²) in [6, 6.07) is 2.64. The lowest BCUT2D eigenvalue weighted by Gasteiger charge is -2.23. The van der Waals surface area contributed by atoms with Crippen molar-refractivity contribution in [1.82, 2.24) is 14.4 Å². The first kappa shape index (κ1) is 24.1. The number of hydrogen-bond acceptors (Lipinski definition) is 5. The molecule has 2 amide bonds. The third kappa shape index (κ3) is 5.63. The van der Waals surface area contributed by atoms with Gasteiger partial charge in [0.2, 0.25) is 5.91 Å². The zero-order valence-electron chi connectivity index (χ0n) is 19.9. The molecule has 8 nitrogen and oxygen atoms in total. The molecule has 1 aromatic heterocycles. The van der Waals surface area contributed by atoms with E-state index >= 15 is 0 Å². The quantitative estimate of drug-likeness (QED) is 0.722. The Morgan fingerprint density at radius 1 is 1.12 bits per heavy atom. The number of hydrogen-bond donors (Lipinski definition) is 1. The predicted octanol–water partition coefficient (Wildman–Crippen LogP) is 3.83. The van der Waals surface area contributed by atoms with E-state index in [4.69, 9.17) is 4.74 Å². The zero-order chi connectivity index (χ0) is 23.3. The predicted molar refractivity (Wildman–Crippen MR) is 124 cm³/mol. The second-order valence-electron chi connectivity index (χ2n) is 9.49. The van der Waals surface area contributed by atoms with Crippen LogP contribution in [-0.2, 0) is 9.53 Å². The lowest BCUT2D eigenvalue weighted by molar-refractivity contribution is -0.117. The van der Waals surface area contributed by atoms with Gasteiger partial charge in [0.05, 0.1) is 18.7 Å². The summed E-state index contributed by atoms with van der Waals surface area (Å²) >= 11 is 0. The highest BCUT2D eigenvalue weighted by atomic mass is 16.6. The van der Waals surface area contributed by atoms with Crippen molar-refractivity contribution in [3.63, 3.8) is 0 Å². The van der Waals surface area contributed by atoms with Gasteiger partial charge in [0.25, 0.3) is 0 Å². The number of carbonyl (C=O) groups is 2. The van der Waals surface area contributed by atoms with Crippen molar-refractivity contribution in [2.45, 2.75) is 65.8 Å². The molecule has 0 atom stereocenters. The summed E-state index contributed by atoms with van der Waals surface area (Å²) in [6.07, 6.45) is 5.05. The van der Waals surface area contributed by atoms with Crippen LogP contribution in [0.1, 0.15) is 68.8 Å². The van der Waals surface area contributed by atoms with E-state index in [-0.39, 0.29) is 18.5 Å². The molecule has 0 spiro atoms. The first-order valence-corrected chi connectivity index (χ1v) is 11.9. The lowest BCUT2D eigenvalue weighted by Crippen LogP contribution is -2.38. The molecule has 0 aromatic carbocycles. The van der Waals surface area contributed by atoms with Crippen LogP contribution in [0.25, 0.3) is 0 Å². The summed E-state index contributed by atoms with van der Waals surface area (Å²) in [5.41, 5.74) is 2.58. The number of ether oxygens (including phenoxy) is 1. The van der Waals surface area contributed by atoms with Gasteiger partial charge in [-0.05, 0) is 44.6 Å². The highest BCUT2D eigenvalue weighted by molar-refractivity contribution is 5.93. The third-order valence-electron chi connectivity index (χ3n) is 6.57. The Kier molecular flexibility index (Phi) is 8.19. The number of amides is 2. The first-order chi connectivity index (χ1) is 15.3. The van der Waals surface area contributed by atoms with Gasteiger partial charge in [-0.15, -0.1) is 0 Å². The molecule has 3 rings (SSSR count). The average molecular weight is 444 g/mol. The summed E-state index contributed by atoms with van der Waals surface area (Å²) < 4.78 is 7.52. The molecule has 176 valence electrons. The number of anilines is 1. The molecule has 2 aliphatic rings. The number of nitriles is 1. The van der Waals surface area contributed by atoms with Crippen molar-refractivity contribution < 1.29 is 14.3 Å². The molecule has 1 aliphatic heterocycles. The maximum absolute atomic E-state index is 13.0. The number of nitrogens with one attached hydrogen (secondary N) is 1. The van der Waals surface area contributed by atoms with Gasteiger partial charge >= 0.3 is 6.09 Å². The fraction of sp³-hybridized carbons (Fsp3) is 0.708. The second-order valence-corrected chi connectivity index (χ2v) is 9.49. The Morgan fingerprint density at radius 2 is 1.84 bits per heavy atom. The van der Waals surface area contributed by atoms with E-state index in [1.54, 1.807) is 4.90 Å². The van der Waals surface area contributed by atoms with Crippen LogP contribution in [0.15, 0.2) is 0 Å². The number of aromatic nitrogens is 1. The van der Waals surface area contributed by atoms with Gasteiger partial charge < -0.3 is 19.5 Å². The molecule has 32 heavy (non-hydrogen) atoms. The minimum absolute atomic E-state index is 0.117. The lowest BCUT2D eigenvalue weighted by atomic mass is 10.2. The van der Waals surface area contributed by atoms with Crippen LogP contribution in [-0.4, -0.2) is 65.7 Å². The first-order valence-electron chi connectivity index (χ1n) is 11.9. The van der Waals surface area contributed by atoms with E-state index in [9.17, 15) is 14.9 Å². The summed E-state index contributed by atoms with van der Waals surface area (Å²) in [4.78, 5) is 29.0. The van der Waals surface area contributed by atoms with Crippen molar-refractivity contribution in [3.05, 3.63) is 16.8 Å². The van der Waals surface area contributed by atoms with Gasteiger partial charge in [0, 0.05) is 37.9 Å². The Labute approximate surface area is 191 Å². The van der Waals surface area contributed by atoms with E-state index in [2.05, 4.69) is 20.9 Å². The number of carbonyl (C=O) groups excluding carboxylic acids is 2. The Morgan fingerprint density at radius 3 is 2.50 bits per heavy atom. The van der Waals surface area contributed by atoms with Gasteiger partial charge in [0.15, 0.2) is 0 Å². The molecular formula is C24H37N5O3. The molecule has 1 saturated heterocycles. The minimum Gasteiger partial charge on any atom is -0.449 e. The van der Waals surface area contributed by atoms with E-state index in [0.717, 1.165) is 37.1 Å². The van der Waals surface area contributed by atoms with Gasteiger partial charge in [-0.3, -0.25) is 9.69 Å². The average Bonchev–Trinajstić information content (AvgIpc) is 3.27. The van der Waals surface area contributed by atoms with Crippen molar-refractivity contribution >= 4 is 17.8 Å². The fourth-order valence-electron chi connectivity index (χ4n) is 4.72. The fourth-order valence-corrected chi connectivity index (χ4v) is 4.72. The van der Waals surface area contributed by atoms with Crippen LogP contribution < -0.4 is 5.32 Å². The molecule has 1 aromatic rings. The molecule has 8 heteroatoms. The molecule has 0 radical (unpaired) electrons. The smallest absolute Gasteiger partial charge is 0.409 e. The van der Waals surface area contributed by atoms with Crippen LogP contribution in [0.2, 0.25) is 0 Å². The molecule has 1 N–H and O–H groups in total. The van der Waals surface area contributed by atoms with Crippen molar-refractivity contribution in [1.29, 1.82) is 5.26 Å². The van der Waals surface area contributed by atoms with E-state index in [1.807, 2.05) is 27.7 Å². The molecule has 2 heterocycles. The van der Waals surface area contributed by atoms with Crippen LogP contribution in [0.4, 0.5) is 10.6 Å². The Hall–Kier alpha value is -2.53. The molecule has 0 bridgehead atoms. The van der Waals surface area contributed by atoms with Crippen molar-refractivity contribution in [2.75, 3.05) is 44.6 Å². The van der Waals surface area contributed by atoms with Crippen molar-refractivity contribution in [3.8, 4) is 6.07 Å². The van der Waals surface area contributed by atoms with Crippen LogP contribution in [0.3, 0.4) is 0 Å². The SMILES string of the molecule is Cc1c(C#N)c(NC(=O)CN2CCCN(C(=O)OCC(C)C)CC2)n(C2CCCC2)c1C. The number of nitrogens with zero attached hydrogens (tertiary/aromatic N) is 4. The molecular weight excluding hydrogens is 406 g/mol. The standard InChI is InChI=1S/C24H37N5O3/c1-17(2)16-32-24(31)28-11-7-10-27(12-13-28)15-22(30)26-23-21(14-25)18(3)19(4)29(23)20-8-5-6-9-20/h17,20H,5-13,15-16H2,1-4H3,(H,26,30). The highest BCUT2D eigenvalue weighted by Gasteiger charge is 2.27. The Bertz CT molecular complexity index is 864. The van der Waals surface area contributed by atoms with E-state index < -0.39 is 0 Å². The van der Waals surface area contributed by atoms with E-state index in [0.29, 0.717) is 49.6 Å². The van der Waals surface area contributed by atoms with Gasteiger partial charge in [0.1, 0.15) is 11.9 Å². The molecule has 0 unspecified atom stereocenters. The summed E-state index contributed by atoms with van der Waals surface area (Å²) in [7, 11) is 0. The monoisotopic (exact) mass is 443 g/mol. The van der Waals surface area contributed by atoms with Crippen molar-refractivity contribution in [2.24, 2.45) is 5.92 Å². The topological polar surface area (TPSA) is 90.6 Å². The summed E-state index contributed by atoms with van der Waals surface area (Å²) in [5.74, 6) is 0.835. The third-order valence-corrected chi connectivity index (χ3v) is 6.57. The van der Waals surface area contributed by atoms with Gasteiger partial charge in [-0.1, -0.05) is 26.7 Å². The summed E-state index contributed by atoms with van der Waals surface area (Å²) in [5, 5.41) is 12.8.